The molecule has 1 aliphatic heterocycles. The first-order valence-electron chi connectivity index (χ1n) is 10.7. The van der Waals surface area contributed by atoms with Crippen LogP contribution in [0.15, 0.2) is 59.3 Å². The first-order chi connectivity index (χ1) is 16.2. The van der Waals surface area contributed by atoms with Gasteiger partial charge in [0.15, 0.2) is 11.5 Å². The third kappa shape index (κ3) is 4.41. The lowest BCUT2D eigenvalue weighted by Gasteiger charge is -2.19. The van der Waals surface area contributed by atoms with Crippen molar-refractivity contribution >= 4 is 11.7 Å². The minimum absolute atomic E-state index is 0. The van der Waals surface area contributed by atoms with E-state index in [1.807, 2.05) is 35.2 Å². The zero-order valence-corrected chi connectivity index (χ0v) is 17.8. The number of nitrogen functional groups attached to an aromatic ring is 1. The summed E-state index contributed by atoms with van der Waals surface area (Å²) in [6.07, 6.45) is 4.08. The molecule has 1 amide bonds. The summed E-state index contributed by atoms with van der Waals surface area (Å²) in [5.41, 5.74) is 8.74. The molecule has 1 aliphatic rings. The average Bonchev–Trinajstić information content (AvgIpc) is 3.19. The van der Waals surface area contributed by atoms with Gasteiger partial charge in [-0.05, 0) is 37.2 Å². The van der Waals surface area contributed by atoms with Gasteiger partial charge in [-0.3, -0.25) is 9.78 Å². The van der Waals surface area contributed by atoms with Crippen LogP contribution in [0.4, 0.5) is 5.82 Å². The zero-order chi connectivity index (χ0) is 22.6. The molecule has 0 spiro atoms. The summed E-state index contributed by atoms with van der Waals surface area (Å²) < 4.78 is 5.78. The Morgan fingerprint density at radius 1 is 0.970 bits per heavy atom. The molecule has 0 bridgehead atoms. The van der Waals surface area contributed by atoms with Crippen LogP contribution in [0.2, 0.25) is 0 Å². The molecule has 3 N–H and O–H groups in total. The highest BCUT2D eigenvalue weighted by Crippen LogP contribution is 2.27. The van der Waals surface area contributed by atoms with Crippen LogP contribution in [0.25, 0.3) is 34.3 Å². The van der Waals surface area contributed by atoms with Crippen molar-refractivity contribution in [1.29, 1.82) is 0 Å². The maximum absolute atomic E-state index is 12.8. The second-order valence-electron chi connectivity index (χ2n) is 7.60. The standard InChI is InChI=1S/C23H22N8O2.H2/c24-20-19(22-30-29-21(33-22)15-5-2-1-3-6-15)28-18(14-27-20)16-7-8-17(26-13-16)23(32)31-11-4-9-25-10-12-31;/h1-3,5-8,13-14,25H,4,9-12H2,(H2,24,27);1H. The summed E-state index contributed by atoms with van der Waals surface area (Å²) in [7, 11) is 0. The van der Waals surface area contributed by atoms with Gasteiger partial charge < -0.3 is 20.4 Å². The fraction of sp³-hybridized carbons (Fsp3) is 0.217. The molecule has 0 aliphatic carbocycles. The van der Waals surface area contributed by atoms with E-state index >= 15 is 0 Å². The first-order valence-corrected chi connectivity index (χ1v) is 10.7. The Kier molecular flexibility index (Phi) is 5.73. The number of nitrogens with two attached hydrogens (primary N) is 1. The Bertz CT molecular complexity index is 1260. The molecule has 1 aromatic carbocycles. The van der Waals surface area contributed by atoms with Crippen LogP contribution in [-0.2, 0) is 0 Å². The molecule has 168 valence electrons. The number of hydrogen-bond donors (Lipinski definition) is 2. The fourth-order valence-electron chi connectivity index (χ4n) is 3.59. The molecule has 0 atom stereocenters. The number of carbonyl (C=O) groups is 1. The Labute approximate surface area is 191 Å². The van der Waals surface area contributed by atoms with Crippen LogP contribution in [0.3, 0.4) is 0 Å². The van der Waals surface area contributed by atoms with Crippen molar-refractivity contribution in [2.24, 2.45) is 0 Å². The molecule has 1 saturated heterocycles. The molecule has 3 aromatic heterocycles. The molecule has 5 rings (SSSR count). The monoisotopic (exact) mass is 444 g/mol. The number of nitrogens with zero attached hydrogens (tertiary/aromatic N) is 6. The van der Waals surface area contributed by atoms with Crippen molar-refractivity contribution in [2.45, 2.75) is 6.42 Å². The summed E-state index contributed by atoms with van der Waals surface area (Å²) in [5, 5.41) is 11.5. The van der Waals surface area contributed by atoms with Gasteiger partial charge in [0, 0.05) is 38.4 Å². The lowest BCUT2D eigenvalue weighted by Crippen LogP contribution is -2.34. The maximum Gasteiger partial charge on any atom is 0.272 e. The van der Waals surface area contributed by atoms with E-state index in [-0.39, 0.29) is 19.0 Å². The Morgan fingerprint density at radius 3 is 2.64 bits per heavy atom. The predicted octanol–water partition coefficient (Wildman–Crippen LogP) is 2.52. The number of hydrogen-bond acceptors (Lipinski definition) is 9. The van der Waals surface area contributed by atoms with Crippen LogP contribution in [-0.4, -0.2) is 62.1 Å². The van der Waals surface area contributed by atoms with Crippen molar-refractivity contribution in [3.63, 3.8) is 0 Å². The number of aromatic nitrogens is 5. The smallest absolute Gasteiger partial charge is 0.272 e. The lowest BCUT2D eigenvalue weighted by molar-refractivity contribution is 0.0760. The van der Waals surface area contributed by atoms with Gasteiger partial charge in [0.1, 0.15) is 5.69 Å². The quantitative estimate of drug-likeness (QED) is 0.486. The summed E-state index contributed by atoms with van der Waals surface area (Å²) in [6, 6.07) is 12.9. The van der Waals surface area contributed by atoms with Gasteiger partial charge in [0.05, 0.1) is 11.9 Å². The third-order valence-corrected chi connectivity index (χ3v) is 5.35. The van der Waals surface area contributed by atoms with Crippen molar-refractivity contribution in [1.82, 2.24) is 35.4 Å². The average molecular weight is 444 g/mol. The molecule has 1 fully saturated rings. The summed E-state index contributed by atoms with van der Waals surface area (Å²) in [6.45, 7) is 3.10. The Balaban J connectivity index is 0.00000274. The van der Waals surface area contributed by atoms with Crippen molar-refractivity contribution in [3.8, 4) is 34.3 Å². The van der Waals surface area contributed by atoms with Gasteiger partial charge in [0.25, 0.3) is 11.8 Å². The number of carbonyl (C=O) groups excluding carboxylic acids is 1. The Morgan fingerprint density at radius 2 is 1.82 bits per heavy atom. The highest BCUT2D eigenvalue weighted by Gasteiger charge is 2.19. The second kappa shape index (κ2) is 9.13. The van der Waals surface area contributed by atoms with E-state index in [0.717, 1.165) is 31.6 Å². The van der Waals surface area contributed by atoms with Gasteiger partial charge in [-0.2, -0.15) is 0 Å². The van der Waals surface area contributed by atoms with E-state index in [9.17, 15) is 4.79 Å². The summed E-state index contributed by atoms with van der Waals surface area (Å²) in [4.78, 5) is 27.8. The zero-order valence-electron chi connectivity index (χ0n) is 17.8. The number of benzene rings is 1. The first kappa shape index (κ1) is 20.7. The number of nitrogens with one attached hydrogen (secondary N) is 1. The predicted molar refractivity (Wildman–Crippen MR) is 124 cm³/mol. The van der Waals surface area contributed by atoms with Gasteiger partial charge in [0.2, 0.25) is 5.89 Å². The van der Waals surface area contributed by atoms with E-state index in [4.69, 9.17) is 10.2 Å². The van der Waals surface area contributed by atoms with Gasteiger partial charge in [-0.1, -0.05) is 18.2 Å². The molecule has 4 heterocycles. The van der Waals surface area contributed by atoms with Crippen LogP contribution in [0.1, 0.15) is 18.3 Å². The molecule has 10 nitrogen and oxygen atoms in total. The van der Waals surface area contributed by atoms with Crippen molar-refractivity contribution in [2.75, 3.05) is 31.9 Å². The molecule has 0 unspecified atom stereocenters. The highest BCUT2D eigenvalue weighted by molar-refractivity contribution is 5.92. The van der Waals surface area contributed by atoms with Crippen LogP contribution < -0.4 is 11.1 Å². The molecular formula is C23H24N8O2. The van der Waals surface area contributed by atoms with Gasteiger partial charge in [-0.25, -0.2) is 9.97 Å². The highest BCUT2D eigenvalue weighted by atomic mass is 16.4. The van der Waals surface area contributed by atoms with E-state index in [1.165, 1.54) is 0 Å². The van der Waals surface area contributed by atoms with E-state index in [2.05, 4.69) is 30.5 Å². The second-order valence-corrected chi connectivity index (χ2v) is 7.60. The van der Waals surface area contributed by atoms with Crippen LogP contribution >= 0.6 is 0 Å². The Hall–Kier alpha value is -4.18. The SMILES string of the molecule is Nc1ncc(-c2ccc(C(=O)N3CCCNCC3)nc2)nc1-c1nnc(-c2ccccc2)o1.[HH]. The fourth-order valence-corrected chi connectivity index (χ4v) is 3.59. The molecular weight excluding hydrogens is 420 g/mol. The molecule has 0 saturated carbocycles. The topological polar surface area (TPSA) is 136 Å². The van der Waals surface area contributed by atoms with Gasteiger partial charge >= 0.3 is 0 Å². The van der Waals surface area contributed by atoms with Crippen LogP contribution in [0.5, 0.6) is 0 Å². The van der Waals surface area contributed by atoms with E-state index in [0.29, 0.717) is 35.1 Å². The molecule has 0 radical (unpaired) electrons. The maximum atomic E-state index is 12.8. The molecule has 10 heteroatoms. The number of rotatable bonds is 4. The third-order valence-electron chi connectivity index (χ3n) is 5.35. The van der Waals surface area contributed by atoms with Crippen molar-refractivity contribution < 1.29 is 10.6 Å². The van der Waals surface area contributed by atoms with Gasteiger partial charge in [-0.15, -0.1) is 10.2 Å². The lowest BCUT2D eigenvalue weighted by atomic mass is 10.2. The minimum atomic E-state index is -0.0753. The normalized spacial score (nSPS) is 14.1. The number of amides is 1. The number of anilines is 1. The van der Waals surface area contributed by atoms with E-state index in [1.54, 1.807) is 24.5 Å². The number of pyridine rings is 1. The summed E-state index contributed by atoms with van der Waals surface area (Å²) in [5.74, 6) is 0.644. The van der Waals surface area contributed by atoms with Crippen molar-refractivity contribution in [3.05, 3.63) is 60.6 Å². The molecule has 33 heavy (non-hydrogen) atoms. The van der Waals surface area contributed by atoms with E-state index < -0.39 is 0 Å². The van der Waals surface area contributed by atoms with Crippen LogP contribution in [0, 0.1) is 0 Å². The minimum Gasteiger partial charge on any atom is -0.414 e. The largest absolute Gasteiger partial charge is 0.414 e. The summed E-state index contributed by atoms with van der Waals surface area (Å²) >= 11 is 0. The molecule has 4 aromatic rings.